The summed E-state index contributed by atoms with van der Waals surface area (Å²) >= 11 is 0. The van der Waals surface area contributed by atoms with Gasteiger partial charge in [-0.15, -0.1) is 0 Å². The number of H-pyrrole nitrogens is 1. The van der Waals surface area contributed by atoms with Crippen molar-refractivity contribution in [1.29, 1.82) is 0 Å². The molecule has 88 valence electrons. The van der Waals surface area contributed by atoms with Crippen LogP contribution in [0.1, 0.15) is 37.8 Å². The highest BCUT2D eigenvalue weighted by molar-refractivity contribution is 5.80. The lowest BCUT2D eigenvalue weighted by Gasteiger charge is -2.18. The van der Waals surface area contributed by atoms with Crippen molar-refractivity contribution in [2.45, 2.75) is 38.3 Å². The van der Waals surface area contributed by atoms with Gasteiger partial charge < -0.3 is 11.1 Å². The highest BCUT2D eigenvalue weighted by Gasteiger charge is 2.30. The average molecular weight is 222 g/mol. The monoisotopic (exact) mass is 222 g/mol. The van der Waals surface area contributed by atoms with Crippen LogP contribution in [-0.4, -0.2) is 22.1 Å². The number of aromatic nitrogens is 2. The molecule has 0 radical (unpaired) electrons. The van der Waals surface area contributed by atoms with E-state index in [9.17, 15) is 4.79 Å². The molecule has 5 nitrogen and oxygen atoms in total. The molecule has 0 aromatic carbocycles. The van der Waals surface area contributed by atoms with Gasteiger partial charge in [0.2, 0.25) is 5.91 Å². The van der Waals surface area contributed by atoms with Gasteiger partial charge in [0.05, 0.1) is 18.2 Å². The maximum absolute atomic E-state index is 11.9. The molecule has 4 N–H and O–H groups in total. The second kappa shape index (κ2) is 4.65. The summed E-state index contributed by atoms with van der Waals surface area (Å²) in [6, 6.07) is 0.00981. The first-order valence-electron chi connectivity index (χ1n) is 5.73. The number of nitrogens with zero attached hydrogens (tertiary/aromatic N) is 1. The minimum atomic E-state index is -0.0191. The molecule has 16 heavy (non-hydrogen) atoms. The Labute approximate surface area is 94.8 Å². The molecule has 1 heterocycles. The highest BCUT2D eigenvalue weighted by Crippen LogP contribution is 2.24. The predicted molar refractivity (Wildman–Crippen MR) is 60.5 cm³/mol. The van der Waals surface area contributed by atoms with Gasteiger partial charge in [-0.2, -0.15) is 5.10 Å². The predicted octanol–water partition coefficient (Wildman–Crippen LogP) is 0.714. The largest absolute Gasteiger partial charge is 0.349 e. The standard InChI is InChI=1S/C11H18N4O/c1-7(8-5-13-14-6-8)15-11(16)9-3-2-4-10(9)12/h5-7,9-10H,2-4,12H2,1H3,(H,13,14)(H,15,16). The molecule has 1 fully saturated rings. The maximum atomic E-state index is 11.9. The van der Waals surface area contributed by atoms with Gasteiger partial charge in [0.15, 0.2) is 0 Å². The van der Waals surface area contributed by atoms with Crippen molar-refractivity contribution in [3.8, 4) is 0 Å². The van der Waals surface area contributed by atoms with Crippen LogP contribution in [0.25, 0.3) is 0 Å². The number of hydrogen-bond acceptors (Lipinski definition) is 3. The smallest absolute Gasteiger partial charge is 0.225 e. The van der Waals surface area contributed by atoms with Gasteiger partial charge in [-0.25, -0.2) is 0 Å². The number of carbonyl (C=O) groups is 1. The van der Waals surface area contributed by atoms with E-state index in [4.69, 9.17) is 5.73 Å². The number of carbonyl (C=O) groups excluding carboxylic acids is 1. The van der Waals surface area contributed by atoms with Crippen LogP contribution in [0.5, 0.6) is 0 Å². The molecule has 1 aliphatic carbocycles. The van der Waals surface area contributed by atoms with Crippen LogP contribution in [0.4, 0.5) is 0 Å². The minimum Gasteiger partial charge on any atom is -0.349 e. The Hall–Kier alpha value is -1.36. The molecular formula is C11H18N4O. The van der Waals surface area contributed by atoms with Crippen molar-refractivity contribution in [2.75, 3.05) is 0 Å². The van der Waals surface area contributed by atoms with Gasteiger partial charge in [0.25, 0.3) is 0 Å². The zero-order valence-electron chi connectivity index (χ0n) is 9.44. The fraction of sp³-hybridized carbons (Fsp3) is 0.636. The van der Waals surface area contributed by atoms with Crippen LogP contribution in [0.15, 0.2) is 12.4 Å². The molecule has 0 aliphatic heterocycles. The zero-order valence-corrected chi connectivity index (χ0v) is 9.44. The van der Waals surface area contributed by atoms with Crippen molar-refractivity contribution in [2.24, 2.45) is 11.7 Å². The van der Waals surface area contributed by atoms with E-state index in [-0.39, 0.29) is 23.9 Å². The van der Waals surface area contributed by atoms with Gasteiger partial charge >= 0.3 is 0 Å². The number of aromatic amines is 1. The Morgan fingerprint density at radius 3 is 3.06 bits per heavy atom. The molecule has 1 amide bonds. The number of rotatable bonds is 3. The van der Waals surface area contributed by atoms with Crippen molar-refractivity contribution >= 4 is 5.91 Å². The van der Waals surface area contributed by atoms with Gasteiger partial charge in [-0.05, 0) is 19.8 Å². The Morgan fingerprint density at radius 2 is 2.50 bits per heavy atom. The van der Waals surface area contributed by atoms with Crippen LogP contribution in [-0.2, 0) is 4.79 Å². The van der Waals surface area contributed by atoms with Crippen LogP contribution >= 0.6 is 0 Å². The third kappa shape index (κ3) is 2.24. The molecule has 3 atom stereocenters. The fourth-order valence-electron chi connectivity index (χ4n) is 2.22. The number of nitrogens with one attached hydrogen (secondary N) is 2. The third-order valence-electron chi connectivity index (χ3n) is 3.28. The normalized spacial score (nSPS) is 26.6. The van der Waals surface area contributed by atoms with E-state index in [1.54, 1.807) is 12.4 Å². The first-order valence-corrected chi connectivity index (χ1v) is 5.73. The van der Waals surface area contributed by atoms with E-state index in [1.807, 2.05) is 6.92 Å². The SMILES string of the molecule is CC(NC(=O)C1CCCC1N)c1cn[nH]c1. The molecule has 0 bridgehead atoms. The van der Waals surface area contributed by atoms with Crippen molar-refractivity contribution < 1.29 is 4.79 Å². The van der Waals surface area contributed by atoms with Crippen LogP contribution in [0.3, 0.4) is 0 Å². The minimum absolute atomic E-state index is 0.0148. The lowest BCUT2D eigenvalue weighted by atomic mass is 10.0. The summed E-state index contributed by atoms with van der Waals surface area (Å²) in [5, 5.41) is 9.57. The van der Waals surface area contributed by atoms with E-state index >= 15 is 0 Å². The Balaban J connectivity index is 1.92. The van der Waals surface area contributed by atoms with Crippen LogP contribution in [0.2, 0.25) is 0 Å². The van der Waals surface area contributed by atoms with Crippen molar-refractivity contribution in [3.63, 3.8) is 0 Å². The third-order valence-corrected chi connectivity index (χ3v) is 3.28. The summed E-state index contributed by atoms with van der Waals surface area (Å²) in [5.41, 5.74) is 6.88. The molecule has 0 spiro atoms. The Morgan fingerprint density at radius 1 is 1.69 bits per heavy atom. The number of amides is 1. The lowest BCUT2D eigenvalue weighted by Crippen LogP contribution is -2.39. The molecule has 1 aromatic rings. The van der Waals surface area contributed by atoms with Gasteiger partial charge in [-0.3, -0.25) is 9.89 Å². The first-order chi connectivity index (χ1) is 7.68. The molecule has 3 unspecified atom stereocenters. The fourth-order valence-corrected chi connectivity index (χ4v) is 2.22. The van der Waals surface area contributed by atoms with Gasteiger partial charge in [0, 0.05) is 17.8 Å². The van der Waals surface area contributed by atoms with Gasteiger partial charge in [0.1, 0.15) is 0 Å². The van der Waals surface area contributed by atoms with E-state index in [0.29, 0.717) is 0 Å². The number of nitrogens with two attached hydrogens (primary N) is 1. The summed E-state index contributed by atoms with van der Waals surface area (Å²) in [7, 11) is 0. The summed E-state index contributed by atoms with van der Waals surface area (Å²) in [4.78, 5) is 11.9. The zero-order chi connectivity index (χ0) is 11.5. The number of hydrogen-bond donors (Lipinski definition) is 3. The van der Waals surface area contributed by atoms with E-state index < -0.39 is 0 Å². The molecule has 5 heteroatoms. The highest BCUT2D eigenvalue weighted by atomic mass is 16.2. The second-order valence-electron chi connectivity index (χ2n) is 4.46. The molecule has 1 aromatic heterocycles. The Bertz CT molecular complexity index is 349. The van der Waals surface area contributed by atoms with Gasteiger partial charge in [-0.1, -0.05) is 6.42 Å². The maximum Gasteiger partial charge on any atom is 0.225 e. The summed E-state index contributed by atoms with van der Waals surface area (Å²) in [6.07, 6.45) is 6.43. The molecular weight excluding hydrogens is 204 g/mol. The lowest BCUT2D eigenvalue weighted by molar-refractivity contribution is -0.125. The van der Waals surface area contributed by atoms with E-state index in [1.165, 1.54) is 0 Å². The Kier molecular flexibility index (Phi) is 3.24. The quantitative estimate of drug-likeness (QED) is 0.704. The van der Waals surface area contributed by atoms with E-state index in [2.05, 4.69) is 15.5 Å². The molecule has 2 rings (SSSR count). The summed E-state index contributed by atoms with van der Waals surface area (Å²) in [5.74, 6) is 0.0491. The topological polar surface area (TPSA) is 83.8 Å². The van der Waals surface area contributed by atoms with Crippen LogP contribution < -0.4 is 11.1 Å². The average Bonchev–Trinajstić information content (AvgIpc) is 2.86. The molecule has 1 aliphatic rings. The van der Waals surface area contributed by atoms with Crippen molar-refractivity contribution in [3.05, 3.63) is 18.0 Å². The summed E-state index contributed by atoms with van der Waals surface area (Å²) in [6.45, 7) is 1.95. The molecule has 0 saturated heterocycles. The first kappa shape index (κ1) is 11.1. The second-order valence-corrected chi connectivity index (χ2v) is 4.46. The van der Waals surface area contributed by atoms with Crippen LogP contribution in [0, 0.1) is 5.92 Å². The van der Waals surface area contributed by atoms with E-state index in [0.717, 1.165) is 24.8 Å². The molecule has 1 saturated carbocycles. The summed E-state index contributed by atoms with van der Waals surface area (Å²) < 4.78 is 0. The van der Waals surface area contributed by atoms with Crippen molar-refractivity contribution in [1.82, 2.24) is 15.5 Å².